The van der Waals surface area contributed by atoms with E-state index in [0.29, 0.717) is 0 Å². The van der Waals surface area contributed by atoms with Gasteiger partial charge in [-0.25, -0.2) is 0 Å². The van der Waals surface area contributed by atoms with Crippen LogP contribution in [0.2, 0.25) is 0 Å². The first kappa shape index (κ1) is 9.92. The van der Waals surface area contributed by atoms with E-state index in [2.05, 4.69) is 22.2 Å². The Labute approximate surface area is 78.6 Å². The molecule has 0 bridgehead atoms. The predicted molar refractivity (Wildman–Crippen MR) is 52.3 cm³/mol. The predicted octanol–water partition coefficient (Wildman–Crippen LogP) is 0.834. The van der Waals surface area contributed by atoms with Crippen molar-refractivity contribution in [1.29, 1.82) is 0 Å². The maximum atomic E-state index is 3.87. The fraction of sp³-hybridized carbons (Fsp3) is 0.556. The van der Waals surface area contributed by atoms with Crippen molar-refractivity contribution in [3.8, 4) is 0 Å². The molecule has 1 heterocycles. The summed E-state index contributed by atoms with van der Waals surface area (Å²) in [4.78, 5) is 0. The molecular formula is C9H16N4. The number of nitrogens with one attached hydrogen (secondary N) is 1. The summed E-state index contributed by atoms with van der Waals surface area (Å²) < 4.78 is 1.84. The third-order valence-electron chi connectivity index (χ3n) is 1.74. The zero-order chi connectivity index (χ0) is 9.36. The third kappa shape index (κ3) is 4.42. The number of nitrogens with zero attached hydrogens (tertiary/aromatic N) is 3. The summed E-state index contributed by atoms with van der Waals surface area (Å²) in [5, 5.41) is 10.9. The topological polar surface area (TPSA) is 42.7 Å². The van der Waals surface area contributed by atoms with E-state index >= 15 is 0 Å². The van der Waals surface area contributed by atoms with Crippen LogP contribution in [0.4, 0.5) is 0 Å². The summed E-state index contributed by atoms with van der Waals surface area (Å²) in [6.07, 6.45) is 7.61. The van der Waals surface area contributed by atoms with Gasteiger partial charge < -0.3 is 5.32 Å². The van der Waals surface area contributed by atoms with Gasteiger partial charge in [-0.3, -0.25) is 4.68 Å². The number of aryl methyl sites for hydroxylation is 1. The molecule has 0 aliphatic carbocycles. The van der Waals surface area contributed by atoms with Crippen LogP contribution in [-0.4, -0.2) is 28.1 Å². The highest BCUT2D eigenvalue weighted by molar-refractivity contribution is 4.67. The molecule has 0 aromatic carbocycles. The first-order chi connectivity index (χ1) is 6.43. The van der Waals surface area contributed by atoms with Gasteiger partial charge in [0.25, 0.3) is 0 Å². The minimum absolute atomic E-state index is 0.932. The van der Waals surface area contributed by atoms with Crippen LogP contribution in [-0.2, 0) is 6.54 Å². The Morgan fingerprint density at radius 1 is 1.46 bits per heavy atom. The van der Waals surface area contributed by atoms with Gasteiger partial charge in [0.2, 0.25) is 0 Å². The number of rotatable bonds is 7. The van der Waals surface area contributed by atoms with Crippen LogP contribution in [0, 0.1) is 0 Å². The van der Waals surface area contributed by atoms with E-state index in [9.17, 15) is 0 Å². The summed E-state index contributed by atoms with van der Waals surface area (Å²) in [7, 11) is 0. The molecule has 0 fully saturated rings. The van der Waals surface area contributed by atoms with Crippen LogP contribution in [0.5, 0.6) is 0 Å². The third-order valence-corrected chi connectivity index (χ3v) is 1.74. The Morgan fingerprint density at radius 2 is 2.38 bits per heavy atom. The molecule has 0 saturated carbocycles. The fourth-order valence-corrected chi connectivity index (χ4v) is 1.05. The lowest BCUT2D eigenvalue weighted by Gasteiger charge is -2.02. The van der Waals surface area contributed by atoms with Crippen molar-refractivity contribution in [2.45, 2.75) is 19.4 Å². The molecule has 0 spiro atoms. The summed E-state index contributed by atoms with van der Waals surface area (Å²) in [5.41, 5.74) is 0. The monoisotopic (exact) mass is 180 g/mol. The van der Waals surface area contributed by atoms with Gasteiger partial charge in [-0.15, -0.1) is 11.7 Å². The second kappa shape index (κ2) is 6.37. The van der Waals surface area contributed by atoms with E-state index in [4.69, 9.17) is 0 Å². The molecule has 0 aliphatic heterocycles. The lowest BCUT2D eigenvalue weighted by molar-refractivity contribution is 0.532. The Kier molecular flexibility index (Phi) is 4.86. The molecule has 0 aliphatic rings. The summed E-state index contributed by atoms with van der Waals surface area (Å²) in [6.45, 7) is 6.62. The molecule has 13 heavy (non-hydrogen) atoms. The van der Waals surface area contributed by atoms with Crippen molar-refractivity contribution in [2.75, 3.05) is 13.1 Å². The van der Waals surface area contributed by atoms with Crippen LogP contribution < -0.4 is 5.32 Å². The average molecular weight is 180 g/mol. The minimum atomic E-state index is 0.932. The van der Waals surface area contributed by atoms with Crippen LogP contribution >= 0.6 is 0 Å². The Morgan fingerprint density at radius 3 is 3.08 bits per heavy atom. The first-order valence-electron chi connectivity index (χ1n) is 4.59. The van der Waals surface area contributed by atoms with Crippen LogP contribution in [0.3, 0.4) is 0 Å². The normalized spacial score (nSPS) is 10.2. The molecule has 0 saturated heterocycles. The lowest BCUT2D eigenvalue weighted by atomic mass is 10.4. The van der Waals surface area contributed by atoms with E-state index in [-0.39, 0.29) is 0 Å². The van der Waals surface area contributed by atoms with Gasteiger partial charge in [0.1, 0.15) is 0 Å². The zero-order valence-corrected chi connectivity index (χ0v) is 7.82. The molecule has 0 amide bonds. The van der Waals surface area contributed by atoms with Crippen molar-refractivity contribution in [1.82, 2.24) is 20.3 Å². The Bertz CT molecular complexity index is 218. The largest absolute Gasteiger partial charge is 0.316 e. The van der Waals surface area contributed by atoms with Crippen molar-refractivity contribution in [3.63, 3.8) is 0 Å². The molecule has 1 rings (SSSR count). The second-order valence-electron chi connectivity index (χ2n) is 2.85. The molecule has 0 radical (unpaired) electrons. The molecule has 4 heteroatoms. The highest BCUT2D eigenvalue weighted by Crippen LogP contribution is 1.85. The lowest BCUT2D eigenvalue weighted by Crippen LogP contribution is -2.17. The van der Waals surface area contributed by atoms with Gasteiger partial charge in [-0.1, -0.05) is 11.3 Å². The van der Waals surface area contributed by atoms with Gasteiger partial charge in [-0.2, -0.15) is 0 Å². The standard InChI is InChI=1S/C9H16N4/c1-2-3-5-10-6-4-8-13-9-7-11-12-13/h2,7,9-10H,1,3-6,8H2. The maximum Gasteiger partial charge on any atom is 0.0692 e. The van der Waals surface area contributed by atoms with Crippen LogP contribution in [0.1, 0.15) is 12.8 Å². The number of hydrogen-bond acceptors (Lipinski definition) is 3. The van der Waals surface area contributed by atoms with E-state index in [1.807, 2.05) is 17.0 Å². The average Bonchev–Trinajstić information content (AvgIpc) is 2.63. The maximum absolute atomic E-state index is 3.87. The molecule has 1 N–H and O–H groups in total. The highest BCUT2D eigenvalue weighted by Gasteiger charge is 1.90. The van der Waals surface area contributed by atoms with Gasteiger partial charge in [-0.05, 0) is 25.9 Å². The number of hydrogen-bond donors (Lipinski definition) is 1. The fourth-order valence-electron chi connectivity index (χ4n) is 1.05. The van der Waals surface area contributed by atoms with E-state index in [0.717, 1.165) is 32.5 Å². The van der Waals surface area contributed by atoms with Crippen molar-refractivity contribution >= 4 is 0 Å². The van der Waals surface area contributed by atoms with Crippen molar-refractivity contribution in [3.05, 3.63) is 25.0 Å². The molecule has 4 nitrogen and oxygen atoms in total. The Balaban J connectivity index is 1.93. The molecule has 0 atom stereocenters. The second-order valence-corrected chi connectivity index (χ2v) is 2.85. The molecule has 0 unspecified atom stereocenters. The zero-order valence-electron chi connectivity index (χ0n) is 7.82. The summed E-state index contributed by atoms with van der Waals surface area (Å²) in [6, 6.07) is 0. The quantitative estimate of drug-likeness (QED) is 0.499. The molecular weight excluding hydrogens is 164 g/mol. The SMILES string of the molecule is C=CCCNCCCn1ccnn1. The molecule has 1 aromatic heterocycles. The van der Waals surface area contributed by atoms with E-state index < -0.39 is 0 Å². The van der Waals surface area contributed by atoms with Crippen LogP contribution in [0.25, 0.3) is 0 Å². The minimum Gasteiger partial charge on any atom is -0.316 e. The first-order valence-corrected chi connectivity index (χ1v) is 4.59. The summed E-state index contributed by atoms with van der Waals surface area (Å²) in [5.74, 6) is 0. The number of aromatic nitrogens is 3. The molecule has 1 aromatic rings. The van der Waals surface area contributed by atoms with Crippen molar-refractivity contribution < 1.29 is 0 Å². The van der Waals surface area contributed by atoms with Gasteiger partial charge >= 0.3 is 0 Å². The van der Waals surface area contributed by atoms with Gasteiger partial charge in [0.15, 0.2) is 0 Å². The molecule has 72 valence electrons. The van der Waals surface area contributed by atoms with E-state index in [1.165, 1.54) is 0 Å². The van der Waals surface area contributed by atoms with Crippen molar-refractivity contribution in [2.24, 2.45) is 0 Å². The summed E-state index contributed by atoms with van der Waals surface area (Å²) >= 11 is 0. The van der Waals surface area contributed by atoms with E-state index in [1.54, 1.807) is 6.20 Å². The van der Waals surface area contributed by atoms with Gasteiger partial charge in [0.05, 0.1) is 6.20 Å². The smallest absolute Gasteiger partial charge is 0.0692 e. The van der Waals surface area contributed by atoms with Crippen LogP contribution in [0.15, 0.2) is 25.0 Å². The van der Waals surface area contributed by atoms with Gasteiger partial charge in [0, 0.05) is 12.7 Å². The Hall–Kier alpha value is -1.16. The highest BCUT2D eigenvalue weighted by atomic mass is 15.4.